The van der Waals surface area contributed by atoms with Crippen molar-refractivity contribution in [3.05, 3.63) is 0 Å². The van der Waals surface area contributed by atoms with E-state index >= 15 is 0 Å². The SMILES string of the molecule is CC1CC(C)CC(NCCC(=O)N(C)C)C1. The third-order valence-electron chi connectivity index (χ3n) is 3.45. The first kappa shape index (κ1) is 13.5. The van der Waals surface area contributed by atoms with Gasteiger partial charge in [0.05, 0.1) is 0 Å². The van der Waals surface area contributed by atoms with E-state index in [0.717, 1.165) is 18.4 Å². The highest BCUT2D eigenvalue weighted by molar-refractivity contribution is 5.75. The minimum atomic E-state index is 0.212. The topological polar surface area (TPSA) is 32.3 Å². The maximum Gasteiger partial charge on any atom is 0.223 e. The van der Waals surface area contributed by atoms with Crippen LogP contribution in [0.5, 0.6) is 0 Å². The molecule has 0 aromatic rings. The Labute approximate surface area is 99.6 Å². The molecule has 1 amide bonds. The summed E-state index contributed by atoms with van der Waals surface area (Å²) in [6, 6.07) is 0.619. The fourth-order valence-corrected chi connectivity index (χ4v) is 2.72. The molecule has 1 aliphatic rings. The van der Waals surface area contributed by atoms with Crippen LogP contribution in [0.4, 0.5) is 0 Å². The van der Waals surface area contributed by atoms with Crippen LogP contribution < -0.4 is 5.32 Å². The predicted octanol–water partition coefficient (Wildman–Crippen LogP) is 1.88. The summed E-state index contributed by atoms with van der Waals surface area (Å²) in [5.74, 6) is 1.86. The van der Waals surface area contributed by atoms with Gasteiger partial charge in [0.1, 0.15) is 0 Å². The maximum absolute atomic E-state index is 11.4. The van der Waals surface area contributed by atoms with Gasteiger partial charge < -0.3 is 10.2 Å². The Bertz CT molecular complexity index is 218. The van der Waals surface area contributed by atoms with Crippen molar-refractivity contribution in [3.63, 3.8) is 0 Å². The smallest absolute Gasteiger partial charge is 0.223 e. The second-order valence-electron chi connectivity index (χ2n) is 5.61. The summed E-state index contributed by atoms with van der Waals surface area (Å²) >= 11 is 0. The van der Waals surface area contributed by atoms with Crippen LogP contribution in [0.2, 0.25) is 0 Å². The molecule has 0 bridgehead atoms. The van der Waals surface area contributed by atoms with Gasteiger partial charge in [0, 0.05) is 33.1 Å². The summed E-state index contributed by atoms with van der Waals surface area (Å²) in [7, 11) is 3.63. The quantitative estimate of drug-likeness (QED) is 0.794. The van der Waals surface area contributed by atoms with E-state index in [-0.39, 0.29) is 5.91 Å². The van der Waals surface area contributed by atoms with Gasteiger partial charge in [-0.2, -0.15) is 0 Å². The van der Waals surface area contributed by atoms with Crippen LogP contribution in [0.1, 0.15) is 39.5 Å². The molecule has 1 N–H and O–H groups in total. The van der Waals surface area contributed by atoms with Crippen molar-refractivity contribution in [2.24, 2.45) is 11.8 Å². The van der Waals surface area contributed by atoms with Crippen molar-refractivity contribution in [1.29, 1.82) is 0 Å². The van der Waals surface area contributed by atoms with Crippen molar-refractivity contribution in [2.75, 3.05) is 20.6 Å². The third kappa shape index (κ3) is 4.52. The van der Waals surface area contributed by atoms with Crippen molar-refractivity contribution in [2.45, 2.75) is 45.6 Å². The zero-order chi connectivity index (χ0) is 12.1. The van der Waals surface area contributed by atoms with Gasteiger partial charge in [-0.25, -0.2) is 0 Å². The largest absolute Gasteiger partial charge is 0.349 e. The molecule has 2 atom stereocenters. The summed E-state index contributed by atoms with van der Waals surface area (Å²) in [5, 5.41) is 3.52. The van der Waals surface area contributed by atoms with Crippen LogP contribution in [0.3, 0.4) is 0 Å². The van der Waals surface area contributed by atoms with Gasteiger partial charge in [-0.05, 0) is 31.1 Å². The molecule has 16 heavy (non-hydrogen) atoms. The lowest BCUT2D eigenvalue weighted by Crippen LogP contribution is -2.38. The van der Waals surface area contributed by atoms with E-state index in [0.29, 0.717) is 12.5 Å². The number of carbonyl (C=O) groups is 1. The lowest BCUT2D eigenvalue weighted by atomic mass is 9.80. The first-order chi connectivity index (χ1) is 7.49. The van der Waals surface area contributed by atoms with Crippen LogP contribution in [0.25, 0.3) is 0 Å². The predicted molar refractivity (Wildman–Crippen MR) is 67.3 cm³/mol. The summed E-state index contributed by atoms with van der Waals surface area (Å²) in [6.45, 7) is 5.48. The molecular formula is C13H26N2O. The molecule has 1 saturated carbocycles. The number of nitrogens with one attached hydrogen (secondary N) is 1. The molecule has 1 rings (SSSR count). The van der Waals surface area contributed by atoms with Crippen LogP contribution in [0, 0.1) is 11.8 Å². The fourth-order valence-electron chi connectivity index (χ4n) is 2.72. The number of amides is 1. The summed E-state index contributed by atoms with van der Waals surface area (Å²) in [6.07, 6.45) is 4.50. The second kappa shape index (κ2) is 6.24. The summed E-state index contributed by atoms with van der Waals surface area (Å²) < 4.78 is 0. The van der Waals surface area contributed by atoms with E-state index in [4.69, 9.17) is 0 Å². The Balaban J connectivity index is 2.20. The highest BCUT2D eigenvalue weighted by Gasteiger charge is 2.23. The minimum Gasteiger partial charge on any atom is -0.349 e. The molecule has 0 aliphatic heterocycles. The number of rotatable bonds is 4. The Hall–Kier alpha value is -0.570. The van der Waals surface area contributed by atoms with Gasteiger partial charge in [-0.3, -0.25) is 4.79 Å². The minimum absolute atomic E-state index is 0.212. The Morgan fingerprint density at radius 2 is 1.75 bits per heavy atom. The highest BCUT2D eigenvalue weighted by atomic mass is 16.2. The van der Waals surface area contributed by atoms with E-state index in [1.165, 1.54) is 19.3 Å². The number of carbonyl (C=O) groups excluding carboxylic acids is 1. The molecule has 3 heteroatoms. The molecule has 0 aromatic carbocycles. The maximum atomic E-state index is 11.4. The molecule has 0 spiro atoms. The van der Waals surface area contributed by atoms with Gasteiger partial charge in [-0.15, -0.1) is 0 Å². The molecule has 2 unspecified atom stereocenters. The summed E-state index contributed by atoms with van der Waals surface area (Å²) in [5.41, 5.74) is 0. The standard InChI is InChI=1S/C13H26N2O/c1-10-7-11(2)9-12(8-10)14-6-5-13(16)15(3)4/h10-12,14H,5-9H2,1-4H3. The molecule has 0 saturated heterocycles. The van der Waals surface area contributed by atoms with Crippen LogP contribution in [0.15, 0.2) is 0 Å². The normalized spacial score (nSPS) is 30.1. The lowest BCUT2D eigenvalue weighted by molar-refractivity contribution is -0.128. The average molecular weight is 226 g/mol. The van der Waals surface area contributed by atoms with E-state index in [1.54, 1.807) is 4.90 Å². The van der Waals surface area contributed by atoms with Crippen LogP contribution in [-0.2, 0) is 4.79 Å². The Morgan fingerprint density at radius 1 is 1.19 bits per heavy atom. The zero-order valence-corrected chi connectivity index (χ0v) is 11.1. The number of hydrogen-bond donors (Lipinski definition) is 1. The van der Waals surface area contributed by atoms with Crippen molar-refractivity contribution < 1.29 is 4.79 Å². The van der Waals surface area contributed by atoms with Crippen LogP contribution >= 0.6 is 0 Å². The van der Waals surface area contributed by atoms with Crippen molar-refractivity contribution >= 4 is 5.91 Å². The van der Waals surface area contributed by atoms with Crippen molar-refractivity contribution in [1.82, 2.24) is 10.2 Å². The first-order valence-corrected chi connectivity index (χ1v) is 6.42. The Morgan fingerprint density at radius 3 is 2.25 bits per heavy atom. The Kier molecular flexibility index (Phi) is 5.26. The number of hydrogen-bond acceptors (Lipinski definition) is 2. The molecule has 0 radical (unpaired) electrons. The van der Waals surface area contributed by atoms with E-state index in [9.17, 15) is 4.79 Å². The number of nitrogens with zero attached hydrogens (tertiary/aromatic N) is 1. The molecule has 1 fully saturated rings. The molecule has 3 nitrogen and oxygen atoms in total. The van der Waals surface area contributed by atoms with Gasteiger partial charge >= 0.3 is 0 Å². The van der Waals surface area contributed by atoms with Gasteiger partial charge in [0.25, 0.3) is 0 Å². The molecular weight excluding hydrogens is 200 g/mol. The summed E-state index contributed by atoms with van der Waals surface area (Å²) in [4.78, 5) is 13.1. The fraction of sp³-hybridized carbons (Fsp3) is 0.923. The van der Waals surface area contributed by atoms with Crippen LogP contribution in [-0.4, -0.2) is 37.5 Å². The lowest BCUT2D eigenvalue weighted by Gasteiger charge is -2.32. The molecule has 94 valence electrons. The zero-order valence-electron chi connectivity index (χ0n) is 11.1. The van der Waals surface area contributed by atoms with E-state index < -0.39 is 0 Å². The highest BCUT2D eigenvalue weighted by Crippen LogP contribution is 2.28. The average Bonchev–Trinajstić information content (AvgIpc) is 2.15. The van der Waals surface area contributed by atoms with Gasteiger partial charge in [-0.1, -0.05) is 13.8 Å². The molecule has 1 aliphatic carbocycles. The van der Waals surface area contributed by atoms with Crippen molar-refractivity contribution in [3.8, 4) is 0 Å². The first-order valence-electron chi connectivity index (χ1n) is 6.42. The molecule has 0 aromatic heterocycles. The molecule has 0 heterocycles. The van der Waals surface area contributed by atoms with E-state index in [1.807, 2.05) is 14.1 Å². The van der Waals surface area contributed by atoms with Gasteiger partial charge in [0.2, 0.25) is 5.91 Å². The van der Waals surface area contributed by atoms with Gasteiger partial charge in [0.15, 0.2) is 0 Å². The monoisotopic (exact) mass is 226 g/mol. The third-order valence-corrected chi connectivity index (χ3v) is 3.45. The second-order valence-corrected chi connectivity index (χ2v) is 5.61. The van der Waals surface area contributed by atoms with E-state index in [2.05, 4.69) is 19.2 Å².